The first kappa shape index (κ1) is 36.7. The van der Waals surface area contributed by atoms with Gasteiger partial charge in [-0.2, -0.15) is 25.2 Å². The number of nitrogens with one attached hydrogen (secondary N) is 8. The number of aryl methyl sites for hydroxylation is 2. The number of H-pyrrole nitrogens is 2. The number of nitrogens with two attached hydrogens (primary N) is 1. The van der Waals surface area contributed by atoms with Crippen molar-refractivity contribution in [3.8, 4) is 6.07 Å². The summed E-state index contributed by atoms with van der Waals surface area (Å²) in [5, 5.41) is 41.6. The Hall–Kier alpha value is -7.30. The number of anilines is 8. The molecule has 4 aliphatic rings. The summed E-state index contributed by atoms with van der Waals surface area (Å²) in [6, 6.07) is 14.5. The first-order valence-electron chi connectivity index (χ1n) is 18.4. The molecular weight excluding hydrogens is 733 g/mol. The molecule has 12 N–H and O–H groups in total. The molecule has 0 radical (unpaired) electrons. The van der Waals surface area contributed by atoms with E-state index in [-0.39, 0.29) is 11.8 Å². The molecule has 0 saturated heterocycles. The molecule has 6 heterocycles. The number of amides is 3. The van der Waals surface area contributed by atoms with Crippen LogP contribution >= 0.6 is 0 Å². The molecular formula is C38H38N14O5. The van der Waals surface area contributed by atoms with Crippen molar-refractivity contribution in [2.45, 2.75) is 63.5 Å². The first-order valence-corrected chi connectivity index (χ1v) is 18.4. The number of aromatic amines is 2. The number of primary amides is 1. The minimum absolute atomic E-state index is 0.0368. The highest BCUT2D eigenvalue weighted by molar-refractivity contribution is 6.09. The van der Waals surface area contributed by atoms with Gasteiger partial charge in [-0.15, -0.1) is 0 Å². The van der Waals surface area contributed by atoms with Gasteiger partial charge >= 0.3 is 0 Å². The van der Waals surface area contributed by atoms with E-state index in [0.29, 0.717) is 89.1 Å². The number of carbonyl (C=O) groups excluding carboxylic acids is 3. The van der Waals surface area contributed by atoms with Gasteiger partial charge < -0.3 is 47.6 Å². The van der Waals surface area contributed by atoms with Crippen LogP contribution in [0.2, 0.25) is 0 Å². The summed E-state index contributed by atoms with van der Waals surface area (Å²) in [6.07, 6.45) is 9.96. The van der Waals surface area contributed by atoms with Gasteiger partial charge in [-0.1, -0.05) is 0 Å². The lowest BCUT2D eigenvalue weighted by molar-refractivity contribution is -0.176. The summed E-state index contributed by atoms with van der Waals surface area (Å²) in [4.78, 5) is 59.0. The lowest BCUT2D eigenvalue weighted by atomic mass is 10.0. The highest BCUT2D eigenvalue weighted by Crippen LogP contribution is 2.34. The van der Waals surface area contributed by atoms with Gasteiger partial charge in [-0.05, 0) is 86.1 Å². The quantitative estimate of drug-likeness (QED) is 0.0656. The molecule has 19 nitrogen and oxygen atoms in total. The van der Waals surface area contributed by atoms with Crippen LogP contribution in [0.15, 0.2) is 48.8 Å². The van der Waals surface area contributed by atoms with E-state index < -0.39 is 5.91 Å². The van der Waals surface area contributed by atoms with E-state index in [9.17, 15) is 19.6 Å². The second kappa shape index (κ2) is 15.4. The van der Waals surface area contributed by atoms with Gasteiger partial charge in [-0.3, -0.25) is 24.9 Å². The Morgan fingerprint density at radius 2 is 1.21 bits per heavy atom. The number of hydrogen-bond donors (Lipinski definition) is 11. The maximum Gasteiger partial charge on any atom is 0.251 e. The van der Waals surface area contributed by atoms with E-state index in [0.717, 1.165) is 64.9 Å². The summed E-state index contributed by atoms with van der Waals surface area (Å²) in [6.45, 7) is 0. The zero-order valence-electron chi connectivity index (χ0n) is 30.4. The molecule has 2 aliphatic heterocycles. The van der Waals surface area contributed by atoms with Crippen LogP contribution in [0, 0.1) is 11.3 Å². The molecule has 10 rings (SSSR count). The summed E-state index contributed by atoms with van der Waals surface area (Å²) < 4.78 is 0. The molecule has 0 spiro atoms. The fourth-order valence-corrected chi connectivity index (χ4v) is 6.69. The standard InChI is InChI=1S/C19H19N7O2.C19H17N7O.H2O2/c20-16(28)12-8-21-17-15(12)18(22-10-2-3-10)26-19(25-17)23-11-4-5-13-9(7-11)1-6-14(27)24-13;20-8-11-9-21-17-16(11)18(22-12-2-3-12)26-19(25-17)23-13-4-5-14-10(7-13)1-6-15(27)24-14;1-2/h4-5,7-8,10H,1-3,6H2,(H2,20,28)(H,24,27)(H3,21,22,23,25,26);4-5,7,9,12H,1-3,6H2,(H,24,27)(H3,21,22,23,25,26);1-2H. The molecule has 4 aromatic heterocycles. The van der Waals surface area contributed by atoms with E-state index in [2.05, 4.69) is 67.9 Å². The van der Waals surface area contributed by atoms with Crippen molar-refractivity contribution in [1.29, 1.82) is 5.26 Å². The monoisotopic (exact) mass is 770 g/mol. The van der Waals surface area contributed by atoms with Crippen LogP contribution in [-0.2, 0) is 22.4 Å². The largest absolute Gasteiger partial charge is 0.367 e. The molecule has 2 saturated carbocycles. The maximum absolute atomic E-state index is 11.7. The fraction of sp³-hybridized carbons (Fsp3) is 0.263. The predicted molar refractivity (Wildman–Crippen MR) is 213 cm³/mol. The Balaban J connectivity index is 0.000000153. The third-order valence-corrected chi connectivity index (χ3v) is 9.80. The number of hydrogen-bond acceptors (Lipinski definition) is 14. The summed E-state index contributed by atoms with van der Waals surface area (Å²) >= 11 is 0. The van der Waals surface area contributed by atoms with Crippen LogP contribution in [0.5, 0.6) is 0 Å². The Bertz CT molecular complexity index is 2590. The van der Waals surface area contributed by atoms with Crippen molar-refractivity contribution in [2.75, 3.05) is 31.9 Å². The van der Waals surface area contributed by atoms with Gasteiger partial charge in [0.05, 0.1) is 21.9 Å². The molecule has 0 bridgehead atoms. The van der Waals surface area contributed by atoms with Crippen molar-refractivity contribution in [3.05, 3.63) is 71.0 Å². The van der Waals surface area contributed by atoms with Gasteiger partial charge in [0.2, 0.25) is 23.7 Å². The van der Waals surface area contributed by atoms with E-state index in [1.807, 2.05) is 36.4 Å². The topological polar surface area (TPSA) is 297 Å². The van der Waals surface area contributed by atoms with E-state index in [1.54, 1.807) is 12.4 Å². The number of nitriles is 1. The highest BCUT2D eigenvalue weighted by Gasteiger charge is 2.26. The zero-order valence-corrected chi connectivity index (χ0v) is 30.4. The minimum Gasteiger partial charge on any atom is -0.367 e. The number of rotatable bonds is 9. The molecule has 57 heavy (non-hydrogen) atoms. The number of carbonyl (C=O) groups is 3. The van der Waals surface area contributed by atoms with Gasteiger partial charge in [0.1, 0.15) is 29.0 Å². The minimum atomic E-state index is -0.522. The predicted octanol–water partition coefficient (Wildman–Crippen LogP) is 5.31. The van der Waals surface area contributed by atoms with Crippen molar-refractivity contribution >= 4 is 86.1 Å². The van der Waals surface area contributed by atoms with Crippen LogP contribution in [-0.4, -0.2) is 70.2 Å². The van der Waals surface area contributed by atoms with Gasteiger partial charge in [0, 0.05) is 60.1 Å². The Kier molecular flexibility index (Phi) is 9.94. The second-order valence-corrected chi connectivity index (χ2v) is 14.0. The second-order valence-electron chi connectivity index (χ2n) is 14.0. The average molecular weight is 771 g/mol. The summed E-state index contributed by atoms with van der Waals surface area (Å²) in [5.41, 5.74) is 13.1. The lowest BCUT2D eigenvalue weighted by Gasteiger charge is -2.18. The van der Waals surface area contributed by atoms with Crippen LogP contribution in [0.4, 0.5) is 46.3 Å². The third kappa shape index (κ3) is 8.07. The Morgan fingerprint density at radius 1 is 0.719 bits per heavy atom. The Morgan fingerprint density at radius 3 is 1.70 bits per heavy atom. The smallest absolute Gasteiger partial charge is 0.251 e. The van der Waals surface area contributed by atoms with Crippen molar-refractivity contribution in [2.24, 2.45) is 5.73 Å². The van der Waals surface area contributed by atoms with E-state index in [4.69, 9.17) is 16.2 Å². The number of fused-ring (bicyclic) bond motifs is 4. The lowest BCUT2D eigenvalue weighted by Crippen LogP contribution is -2.18. The number of nitrogens with zero attached hydrogens (tertiary/aromatic N) is 5. The molecule has 290 valence electrons. The third-order valence-electron chi connectivity index (χ3n) is 9.80. The molecule has 0 unspecified atom stereocenters. The average Bonchev–Trinajstić information content (AvgIpc) is 4.13. The highest BCUT2D eigenvalue weighted by atomic mass is 17.0. The number of benzene rings is 2. The molecule has 2 fully saturated rings. The van der Waals surface area contributed by atoms with Crippen molar-refractivity contribution in [1.82, 2.24) is 29.9 Å². The summed E-state index contributed by atoms with van der Waals surface area (Å²) in [7, 11) is 0. The maximum atomic E-state index is 11.7. The van der Waals surface area contributed by atoms with Gasteiger partial charge in [-0.25, -0.2) is 0 Å². The SMILES string of the molecule is N#Cc1c[nH]c2nc(Nc3ccc4c(c3)CCC(=O)N4)nc(NC3CC3)c12.NC(=O)c1c[nH]c2nc(Nc3ccc4c(c3)CCC(=O)N4)nc(NC3CC3)c12.OO. The van der Waals surface area contributed by atoms with Crippen molar-refractivity contribution in [3.63, 3.8) is 0 Å². The molecule has 6 aromatic rings. The molecule has 19 heteroatoms. The Labute approximate surface area is 323 Å². The fourth-order valence-electron chi connectivity index (χ4n) is 6.69. The van der Waals surface area contributed by atoms with Crippen LogP contribution in [0.1, 0.15) is 65.6 Å². The molecule has 2 aliphatic carbocycles. The van der Waals surface area contributed by atoms with Crippen LogP contribution in [0.3, 0.4) is 0 Å². The normalized spacial score (nSPS) is 15.3. The van der Waals surface area contributed by atoms with E-state index in [1.165, 1.54) is 0 Å². The van der Waals surface area contributed by atoms with E-state index >= 15 is 0 Å². The van der Waals surface area contributed by atoms with Crippen molar-refractivity contribution < 1.29 is 24.9 Å². The molecule has 0 atom stereocenters. The number of aromatic nitrogens is 6. The molecule has 2 aromatic carbocycles. The van der Waals surface area contributed by atoms with Crippen LogP contribution in [0.25, 0.3) is 22.1 Å². The van der Waals surface area contributed by atoms with Gasteiger partial charge in [0.25, 0.3) is 5.91 Å². The van der Waals surface area contributed by atoms with Gasteiger partial charge in [0.15, 0.2) is 0 Å². The zero-order chi connectivity index (χ0) is 39.6. The molecule has 3 amide bonds. The summed E-state index contributed by atoms with van der Waals surface area (Å²) in [5.74, 6) is 1.70. The first-order chi connectivity index (χ1) is 27.8. The van der Waals surface area contributed by atoms with Crippen LogP contribution < -0.4 is 37.6 Å².